The van der Waals surface area contributed by atoms with Crippen LogP contribution in [0.1, 0.15) is 6.23 Å². The Morgan fingerprint density at radius 2 is 1.91 bits per heavy atom. The first-order chi connectivity index (χ1) is 22.3. The van der Waals surface area contributed by atoms with Crippen LogP contribution in [0.2, 0.25) is 0 Å². The molecule has 0 saturated carbocycles. The monoisotopic (exact) mass is 702 g/mol. The molecule has 6 unspecified atom stereocenters. The van der Waals surface area contributed by atoms with Crippen LogP contribution in [0.5, 0.6) is 0 Å². The second-order valence-electron chi connectivity index (χ2n) is 10.9. The number of rotatable bonds is 4. The predicted octanol–water partition coefficient (Wildman–Crippen LogP) is -2.01. The topological polar surface area (TPSA) is 316 Å². The van der Waals surface area contributed by atoms with Crippen molar-refractivity contribution in [3.63, 3.8) is 0 Å². The number of imidazole rings is 2. The Bertz CT molecular complexity index is 1990. The van der Waals surface area contributed by atoms with E-state index in [9.17, 15) is 33.9 Å². The number of H-pyrrole nitrogens is 1. The zero-order valence-corrected chi connectivity index (χ0v) is 25.9. The number of phosphoric ester groups is 1. The Morgan fingerprint density at radius 1 is 1.13 bits per heavy atom. The zero-order valence-electron chi connectivity index (χ0n) is 24.1. The molecule has 23 nitrogen and oxygen atoms in total. The van der Waals surface area contributed by atoms with Crippen molar-refractivity contribution in [1.82, 2.24) is 39.0 Å². The average Bonchev–Trinajstić information content (AvgIpc) is 3.76. The van der Waals surface area contributed by atoms with Crippen LogP contribution in [0.15, 0.2) is 23.8 Å². The highest BCUT2D eigenvalue weighted by atomic mass is 31.2. The lowest BCUT2D eigenvalue weighted by Crippen LogP contribution is -2.49. The van der Waals surface area contributed by atoms with E-state index in [0.717, 1.165) is 10.9 Å². The first kappa shape index (κ1) is 32.1. The highest BCUT2D eigenvalue weighted by Crippen LogP contribution is 2.53. The lowest BCUT2D eigenvalue weighted by molar-refractivity contribution is -0.168. The summed E-state index contributed by atoms with van der Waals surface area (Å²) >= 11 is 0. The number of nitrogens with two attached hydrogens (primary N) is 1. The third-order valence-electron chi connectivity index (χ3n) is 7.73. The van der Waals surface area contributed by atoms with E-state index in [-0.39, 0.29) is 23.7 Å². The van der Waals surface area contributed by atoms with Gasteiger partial charge in [0, 0.05) is 7.05 Å². The quantitative estimate of drug-likeness (QED) is 0.113. The number of ether oxygens (including phenoxy) is 3. The Morgan fingerprint density at radius 3 is 2.70 bits per heavy atom. The first-order valence-corrected chi connectivity index (χ1v) is 17.0. The largest absolute Gasteiger partial charge is 0.472 e. The van der Waals surface area contributed by atoms with Gasteiger partial charge in [-0.25, -0.2) is 24.5 Å². The van der Waals surface area contributed by atoms with E-state index < -0.39 is 83.1 Å². The Labute approximate surface area is 261 Å². The minimum atomic E-state index is -5.06. The standard InChI is InChI=1S/C22H28N10O13P2/c1-24-15-10-16(26-5-25-15)31(6-27-10)3-22(35)4-40-9-2-42-47(38,39)44-13-12(33)19(43-20(13)41-8-46(36,37)45-14(9)22)32-7-28-11-17(32)29-21(23)30-18(11)34/h5-7,9,12-14,19-20,33,35H,2-4,8H2,1H3,(H,36,37)(H,38,39)(H,24,25,26)(H3,23,29,30,34)/t9-,12?,13?,14?,19-,20+,22?/m1/s1. The lowest BCUT2D eigenvalue weighted by atomic mass is 9.96. The smallest absolute Gasteiger partial charge is 0.385 e. The van der Waals surface area contributed by atoms with Crippen molar-refractivity contribution in [2.45, 2.75) is 49.1 Å². The van der Waals surface area contributed by atoms with Crippen molar-refractivity contribution < 1.29 is 56.9 Å². The van der Waals surface area contributed by atoms with Crippen molar-refractivity contribution in [1.29, 1.82) is 0 Å². The molecule has 7 rings (SSSR count). The third-order valence-corrected chi connectivity index (χ3v) is 9.75. The van der Waals surface area contributed by atoms with Crippen molar-refractivity contribution in [3.8, 4) is 0 Å². The summed E-state index contributed by atoms with van der Waals surface area (Å²) in [6.07, 6.45) is -7.18. The number of aromatic amines is 1. The van der Waals surface area contributed by atoms with Crippen molar-refractivity contribution in [2.24, 2.45) is 0 Å². The number of aromatic nitrogens is 8. The summed E-state index contributed by atoms with van der Waals surface area (Å²) in [7, 11) is -8.21. The maximum atomic E-state index is 13.4. The molecule has 25 heteroatoms. The van der Waals surface area contributed by atoms with Crippen molar-refractivity contribution >= 4 is 49.5 Å². The van der Waals surface area contributed by atoms with Gasteiger partial charge in [0.05, 0.1) is 32.4 Å². The fraction of sp³-hybridized carbons (Fsp3) is 0.545. The SMILES string of the molecule is CNc1ncnc2c1ncn2CC1(O)CO[C@@H]2COP(=O)(O)OC3C(O)[C@H](n4cnc5c(=O)[nH]c(N)nc54)O[C@@H]3OCP(=O)(O)OC21. The predicted molar refractivity (Wildman–Crippen MR) is 153 cm³/mol. The number of aliphatic hydroxyl groups excluding tert-OH is 1. The van der Waals surface area contributed by atoms with E-state index in [4.69, 9.17) is 33.5 Å². The minimum absolute atomic E-state index is 0.115. The van der Waals surface area contributed by atoms with E-state index in [0.29, 0.717) is 17.0 Å². The number of hydrogen-bond acceptors (Lipinski definition) is 18. The van der Waals surface area contributed by atoms with Crippen LogP contribution in [-0.2, 0) is 43.5 Å². The highest BCUT2D eigenvalue weighted by molar-refractivity contribution is 7.52. The van der Waals surface area contributed by atoms with Gasteiger partial charge in [-0.05, 0) is 0 Å². The first-order valence-electron chi connectivity index (χ1n) is 13.8. The van der Waals surface area contributed by atoms with Crippen LogP contribution in [0.25, 0.3) is 22.3 Å². The number of nitrogens with zero attached hydrogens (tertiary/aromatic N) is 7. The molecule has 0 aliphatic carbocycles. The minimum Gasteiger partial charge on any atom is -0.385 e. The van der Waals surface area contributed by atoms with Gasteiger partial charge in [0.15, 0.2) is 47.6 Å². The normalized spacial score (nSPS) is 36.5. The molecular formula is C22H28N10O13P2. The second kappa shape index (κ2) is 11.6. The number of phosphoric acid groups is 1. The second-order valence-corrected chi connectivity index (χ2v) is 14.1. The van der Waals surface area contributed by atoms with Gasteiger partial charge in [0.1, 0.15) is 35.8 Å². The third kappa shape index (κ3) is 5.83. The Balaban J connectivity index is 1.16. The van der Waals surface area contributed by atoms with Gasteiger partial charge in [-0.2, -0.15) is 4.98 Å². The summed E-state index contributed by atoms with van der Waals surface area (Å²) in [5.41, 5.74) is 3.37. The molecule has 0 bridgehead atoms. The summed E-state index contributed by atoms with van der Waals surface area (Å²) in [5, 5.41) is 25.7. The van der Waals surface area contributed by atoms with Gasteiger partial charge in [0.25, 0.3) is 5.56 Å². The van der Waals surface area contributed by atoms with Gasteiger partial charge in [-0.1, -0.05) is 0 Å². The number of hydrogen-bond donors (Lipinski definition) is 7. The van der Waals surface area contributed by atoms with Crippen LogP contribution in [0.4, 0.5) is 11.8 Å². The van der Waals surface area contributed by atoms with Crippen LogP contribution < -0.4 is 16.6 Å². The zero-order chi connectivity index (χ0) is 33.3. The van der Waals surface area contributed by atoms with Crippen LogP contribution >= 0.6 is 15.4 Å². The summed E-state index contributed by atoms with van der Waals surface area (Å²) in [4.78, 5) is 56.5. The van der Waals surface area contributed by atoms with E-state index >= 15 is 0 Å². The van der Waals surface area contributed by atoms with Gasteiger partial charge < -0.3 is 49.8 Å². The maximum Gasteiger partial charge on any atom is 0.472 e. The summed E-state index contributed by atoms with van der Waals surface area (Å²) < 4.78 is 61.7. The molecular weight excluding hydrogens is 674 g/mol. The molecule has 9 atom stereocenters. The van der Waals surface area contributed by atoms with Gasteiger partial charge in [0.2, 0.25) is 5.95 Å². The lowest BCUT2D eigenvalue weighted by Gasteiger charge is -2.33. The molecule has 7 heterocycles. The molecule has 4 aromatic heterocycles. The molecule has 254 valence electrons. The molecule has 0 amide bonds. The molecule has 4 aromatic rings. The Hall–Kier alpha value is -3.44. The summed E-state index contributed by atoms with van der Waals surface area (Å²) in [6, 6.07) is 0. The fourth-order valence-electron chi connectivity index (χ4n) is 5.63. The van der Waals surface area contributed by atoms with E-state index in [1.165, 1.54) is 17.2 Å². The van der Waals surface area contributed by atoms with Crippen LogP contribution in [0, 0.1) is 0 Å². The molecule has 47 heavy (non-hydrogen) atoms. The molecule has 0 spiro atoms. The summed E-state index contributed by atoms with van der Waals surface area (Å²) in [6.45, 7) is -1.52. The fourth-order valence-corrected chi connectivity index (χ4v) is 7.64. The van der Waals surface area contributed by atoms with E-state index in [2.05, 4.69) is 35.2 Å². The van der Waals surface area contributed by atoms with Gasteiger partial charge in [-0.15, -0.1) is 0 Å². The number of fused-ring (bicyclic) bond motifs is 4. The molecule has 0 radical (unpaired) electrons. The molecule has 3 saturated heterocycles. The summed E-state index contributed by atoms with van der Waals surface area (Å²) in [5.74, 6) is 0.148. The van der Waals surface area contributed by atoms with E-state index in [1.54, 1.807) is 7.05 Å². The van der Waals surface area contributed by atoms with E-state index in [1.807, 2.05) is 0 Å². The maximum absolute atomic E-state index is 13.4. The average molecular weight is 702 g/mol. The van der Waals surface area contributed by atoms with Crippen LogP contribution in [-0.4, -0.2) is 122 Å². The molecule has 3 fully saturated rings. The van der Waals surface area contributed by atoms with Gasteiger partial charge >= 0.3 is 15.4 Å². The molecule has 3 aliphatic rings. The van der Waals surface area contributed by atoms with Gasteiger partial charge in [-0.3, -0.25) is 32.5 Å². The molecule has 8 N–H and O–H groups in total. The number of anilines is 2. The number of aliphatic hydroxyl groups is 2. The van der Waals surface area contributed by atoms with Crippen LogP contribution in [0.3, 0.4) is 0 Å². The number of nitrogens with one attached hydrogen (secondary N) is 2. The Kier molecular flexibility index (Phi) is 7.94. The molecule has 3 aliphatic heterocycles. The number of nitrogen functional groups attached to an aromatic ring is 1. The van der Waals surface area contributed by atoms with Crippen molar-refractivity contribution in [2.75, 3.05) is 37.7 Å². The molecule has 0 aromatic carbocycles. The highest BCUT2D eigenvalue weighted by Gasteiger charge is 2.56. The van der Waals surface area contributed by atoms with Crippen molar-refractivity contribution in [3.05, 3.63) is 29.3 Å².